The molecule has 1 aromatic carbocycles. The number of hydrogen-bond acceptors (Lipinski definition) is 7. The molecule has 0 aliphatic carbocycles. The van der Waals surface area contributed by atoms with Crippen LogP contribution in [-0.4, -0.2) is 51.7 Å². The highest BCUT2D eigenvalue weighted by Gasteiger charge is 2.28. The van der Waals surface area contributed by atoms with E-state index in [4.69, 9.17) is 4.42 Å². The van der Waals surface area contributed by atoms with Crippen LogP contribution >= 0.6 is 0 Å². The van der Waals surface area contributed by atoms with E-state index in [1.54, 1.807) is 24.0 Å². The Bertz CT molecular complexity index is 1140. The zero-order valence-corrected chi connectivity index (χ0v) is 17.5. The molecule has 11 heteroatoms. The van der Waals surface area contributed by atoms with Gasteiger partial charge in [0, 0.05) is 31.9 Å². The Labute approximate surface area is 174 Å². The monoisotopic (exact) mass is 430 g/mol. The molecule has 0 bridgehead atoms. The van der Waals surface area contributed by atoms with Gasteiger partial charge in [0.25, 0.3) is 11.8 Å². The fourth-order valence-corrected chi connectivity index (χ4v) is 4.70. The number of hydrogen-bond donors (Lipinski definition) is 1. The molecule has 1 aliphatic rings. The zero-order valence-electron chi connectivity index (χ0n) is 16.6. The molecule has 3 aromatic rings. The summed E-state index contributed by atoms with van der Waals surface area (Å²) in [6.45, 7) is 3.16. The van der Waals surface area contributed by atoms with Gasteiger partial charge in [-0.3, -0.25) is 14.8 Å². The summed E-state index contributed by atoms with van der Waals surface area (Å²) in [4.78, 5) is 12.6. The number of benzene rings is 1. The summed E-state index contributed by atoms with van der Waals surface area (Å²) in [5.74, 6) is 0.232. The fourth-order valence-electron chi connectivity index (χ4n) is 3.23. The lowest BCUT2D eigenvalue weighted by molar-refractivity contribution is 0.102. The topological polar surface area (TPSA) is 123 Å². The van der Waals surface area contributed by atoms with Crippen molar-refractivity contribution in [1.29, 1.82) is 0 Å². The van der Waals surface area contributed by atoms with E-state index in [0.717, 1.165) is 12.8 Å². The number of amides is 1. The number of rotatable bonds is 5. The van der Waals surface area contributed by atoms with E-state index < -0.39 is 15.9 Å². The lowest BCUT2D eigenvalue weighted by Crippen LogP contribution is -2.37. The molecule has 0 spiro atoms. The van der Waals surface area contributed by atoms with Crippen LogP contribution in [0.2, 0.25) is 0 Å². The van der Waals surface area contributed by atoms with E-state index in [-0.39, 0.29) is 22.4 Å². The summed E-state index contributed by atoms with van der Waals surface area (Å²) < 4.78 is 34.1. The third-order valence-corrected chi connectivity index (χ3v) is 6.99. The minimum Gasteiger partial charge on any atom is -0.401 e. The maximum absolute atomic E-state index is 12.8. The number of piperidine rings is 1. The van der Waals surface area contributed by atoms with Crippen molar-refractivity contribution >= 4 is 21.9 Å². The number of nitrogens with zero attached hydrogens (tertiary/aromatic N) is 5. The maximum atomic E-state index is 12.8. The Morgan fingerprint density at radius 1 is 1.13 bits per heavy atom. The van der Waals surface area contributed by atoms with Gasteiger partial charge < -0.3 is 4.42 Å². The van der Waals surface area contributed by atoms with Crippen molar-refractivity contribution in [1.82, 2.24) is 24.3 Å². The zero-order chi connectivity index (χ0) is 21.3. The van der Waals surface area contributed by atoms with Crippen molar-refractivity contribution in [3.63, 3.8) is 0 Å². The second-order valence-electron chi connectivity index (χ2n) is 7.35. The van der Waals surface area contributed by atoms with Crippen molar-refractivity contribution in [2.24, 2.45) is 13.0 Å². The molecule has 158 valence electrons. The molecule has 1 saturated heterocycles. The summed E-state index contributed by atoms with van der Waals surface area (Å²) >= 11 is 0. The molecule has 0 radical (unpaired) electrons. The lowest BCUT2D eigenvalue weighted by Gasteiger charge is -2.29. The molecule has 2 aromatic heterocycles. The number of carbonyl (C=O) groups is 1. The molecule has 0 saturated carbocycles. The smallest absolute Gasteiger partial charge is 0.322 e. The average Bonchev–Trinajstić information content (AvgIpc) is 3.37. The first-order chi connectivity index (χ1) is 14.3. The van der Waals surface area contributed by atoms with Gasteiger partial charge in [0.1, 0.15) is 5.69 Å². The van der Waals surface area contributed by atoms with E-state index in [2.05, 4.69) is 27.5 Å². The summed E-state index contributed by atoms with van der Waals surface area (Å²) in [6.07, 6.45) is 3.44. The molecule has 1 aliphatic heterocycles. The first kappa shape index (κ1) is 20.2. The van der Waals surface area contributed by atoms with Gasteiger partial charge in [-0.05, 0) is 49.1 Å². The summed E-state index contributed by atoms with van der Waals surface area (Å²) in [5, 5.41) is 14.3. The van der Waals surface area contributed by atoms with Crippen molar-refractivity contribution in [2.75, 3.05) is 18.4 Å². The van der Waals surface area contributed by atoms with Gasteiger partial charge >= 0.3 is 6.01 Å². The highest BCUT2D eigenvalue weighted by molar-refractivity contribution is 7.89. The molecule has 30 heavy (non-hydrogen) atoms. The molecular formula is C19H22N6O4S. The molecule has 0 unspecified atom stereocenters. The molecule has 0 atom stereocenters. The first-order valence-corrected chi connectivity index (χ1v) is 11.0. The number of aromatic nitrogens is 4. The van der Waals surface area contributed by atoms with Crippen LogP contribution in [0.4, 0.5) is 6.01 Å². The third-order valence-electron chi connectivity index (χ3n) is 5.08. The van der Waals surface area contributed by atoms with E-state index >= 15 is 0 Å². The minimum atomic E-state index is -3.56. The highest BCUT2D eigenvalue weighted by atomic mass is 32.2. The van der Waals surface area contributed by atoms with Crippen LogP contribution in [0.5, 0.6) is 0 Å². The van der Waals surface area contributed by atoms with Crippen molar-refractivity contribution < 1.29 is 17.6 Å². The predicted octanol–water partition coefficient (Wildman–Crippen LogP) is 2.14. The Hall–Kier alpha value is -3.05. The standard InChI is InChI=1S/C19H22N6O4S/c1-13-7-11-25(12-8-13)30(27,28)15-5-3-14(4-6-15)17(26)20-19-22-21-18(29-19)16-9-10-24(2)23-16/h3-6,9-10,13H,7-8,11-12H2,1-2H3,(H,20,22,26). The molecule has 3 heterocycles. The minimum absolute atomic E-state index is 0.0696. The van der Waals surface area contributed by atoms with Gasteiger partial charge in [0.05, 0.1) is 4.90 Å². The van der Waals surface area contributed by atoms with E-state index in [0.29, 0.717) is 24.7 Å². The quantitative estimate of drug-likeness (QED) is 0.658. The highest BCUT2D eigenvalue weighted by Crippen LogP contribution is 2.24. The maximum Gasteiger partial charge on any atom is 0.322 e. The second-order valence-corrected chi connectivity index (χ2v) is 9.29. The molecule has 1 fully saturated rings. The molecular weight excluding hydrogens is 408 g/mol. The van der Waals surface area contributed by atoms with E-state index in [9.17, 15) is 13.2 Å². The largest absolute Gasteiger partial charge is 0.401 e. The van der Waals surface area contributed by atoms with Gasteiger partial charge in [0.15, 0.2) is 0 Å². The summed E-state index contributed by atoms with van der Waals surface area (Å²) in [5.41, 5.74) is 0.769. The van der Waals surface area contributed by atoms with Gasteiger partial charge in [-0.1, -0.05) is 12.0 Å². The van der Waals surface area contributed by atoms with Gasteiger partial charge in [0.2, 0.25) is 10.0 Å². The SMILES string of the molecule is CC1CCN(S(=O)(=O)c2ccc(C(=O)Nc3nnc(-c4ccn(C)n4)o3)cc2)CC1. The predicted molar refractivity (Wildman–Crippen MR) is 108 cm³/mol. The third kappa shape index (κ3) is 4.12. The number of nitrogens with one attached hydrogen (secondary N) is 1. The molecule has 1 N–H and O–H groups in total. The Kier molecular flexibility index (Phi) is 5.39. The summed E-state index contributed by atoms with van der Waals surface area (Å²) in [7, 11) is -1.80. The number of anilines is 1. The Balaban J connectivity index is 1.44. The molecule has 4 rings (SSSR count). The van der Waals surface area contributed by atoms with Gasteiger partial charge in [-0.15, -0.1) is 5.10 Å². The number of sulfonamides is 1. The Morgan fingerprint density at radius 2 is 1.83 bits per heavy atom. The van der Waals surface area contributed by atoms with Gasteiger partial charge in [-0.2, -0.15) is 9.40 Å². The van der Waals surface area contributed by atoms with E-state index in [1.165, 1.54) is 28.6 Å². The van der Waals surface area contributed by atoms with Crippen LogP contribution in [0.3, 0.4) is 0 Å². The average molecular weight is 430 g/mol. The Morgan fingerprint density at radius 3 is 2.47 bits per heavy atom. The fraction of sp³-hybridized carbons (Fsp3) is 0.368. The number of carbonyl (C=O) groups excluding carboxylic acids is 1. The van der Waals surface area contributed by atoms with Crippen LogP contribution in [0.15, 0.2) is 45.8 Å². The van der Waals surface area contributed by atoms with Crippen molar-refractivity contribution in [3.8, 4) is 11.6 Å². The lowest BCUT2D eigenvalue weighted by atomic mass is 10.0. The number of aryl methyl sites for hydroxylation is 1. The van der Waals surface area contributed by atoms with Crippen LogP contribution in [-0.2, 0) is 17.1 Å². The van der Waals surface area contributed by atoms with Crippen LogP contribution in [0, 0.1) is 5.92 Å². The van der Waals surface area contributed by atoms with Crippen LogP contribution in [0.1, 0.15) is 30.1 Å². The summed E-state index contributed by atoms with van der Waals surface area (Å²) in [6, 6.07) is 7.45. The van der Waals surface area contributed by atoms with Crippen molar-refractivity contribution in [3.05, 3.63) is 42.1 Å². The van der Waals surface area contributed by atoms with Crippen LogP contribution in [0.25, 0.3) is 11.6 Å². The van der Waals surface area contributed by atoms with Crippen molar-refractivity contribution in [2.45, 2.75) is 24.7 Å². The van der Waals surface area contributed by atoms with E-state index in [1.807, 2.05) is 0 Å². The first-order valence-electron chi connectivity index (χ1n) is 9.58. The normalized spacial score (nSPS) is 15.9. The van der Waals surface area contributed by atoms with Crippen LogP contribution < -0.4 is 5.32 Å². The van der Waals surface area contributed by atoms with Gasteiger partial charge in [-0.25, -0.2) is 8.42 Å². The molecule has 10 nitrogen and oxygen atoms in total. The molecule has 1 amide bonds. The second kappa shape index (κ2) is 8.00.